The number of carbonyl (C=O) groups is 2. The number of esters is 1. The first-order chi connectivity index (χ1) is 9.11. The van der Waals surface area contributed by atoms with Crippen LogP contribution in [0.5, 0.6) is 0 Å². The average molecular weight is 264 g/mol. The number of pyridine rings is 1. The van der Waals surface area contributed by atoms with E-state index >= 15 is 0 Å². The first-order valence-electron chi connectivity index (χ1n) is 6.00. The van der Waals surface area contributed by atoms with Gasteiger partial charge < -0.3 is 21.1 Å². The molecule has 1 unspecified atom stereocenters. The van der Waals surface area contributed by atoms with Crippen molar-refractivity contribution in [1.29, 1.82) is 0 Å². The zero-order chi connectivity index (χ0) is 13.8. The molecule has 0 spiro atoms. The molecule has 1 saturated heterocycles. The lowest BCUT2D eigenvalue weighted by Gasteiger charge is -2.24. The topological polar surface area (TPSA) is 106 Å². The van der Waals surface area contributed by atoms with Crippen molar-refractivity contribution in [2.45, 2.75) is 18.9 Å². The van der Waals surface area contributed by atoms with Crippen LogP contribution in [0.4, 0.5) is 11.5 Å². The van der Waals surface area contributed by atoms with Crippen molar-refractivity contribution in [3.63, 3.8) is 0 Å². The van der Waals surface area contributed by atoms with Gasteiger partial charge in [0.2, 0.25) is 5.91 Å². The molecule has 0 bridgehead atoms. The maximum absolute atomic E-state index is 11.7. The Bertz CT molecular complexity index is 504. The van der Waals surface area contributed by atoms with Crippen LogP contribution in [0.3, 0.4) is 0 Å². The minimum atomic E-state index is -0.543. The minimum Gasteiger partial charge on any atom is -0.465 e. The Morgan fingerprint density at radius 1 is 1.63 bits per heavy atom. The van der Waals surface area contributed by atoms with E-state index in [1.54, 1.807) is 0 Å². The standard InChI is InChI=1S/C12H16N4O3/c1-19-12(18)8-5-7(13)6-15-10(8)16-9-3-2-4-14-11(9)17/h5-6,9H,2-4,13H2,1H3,(H,14,17)(H,15,16). The van der Waals surface area contributed by atoms with Crippen LogP contribution in [0.15, 0.2) is 12.3 Å². The number of nitrogens with two attached hydrogens (primary N) is 1. The average Bonchev–Trinajstić information content (AvgIpc) is 2.42. The number of rotatable bonds is 3. The van der Waals surface area contributed by atoms with Crippen molar-refractivity contribution in [3.05, 3.63) is 17.8 Å². The lowest BCUT2D eigenvalue weighted by molar-refractivity contribution is -0.123. The number of methoxy groups -OCH3 is 1. The summed E-state index contributed by atoms with van der Waals surface area (Å²) in [5.74, 6) is -0.331. The summed E-state index contributed by atoms with van der Waals surface area (Å²) in [5.41, 5.74) is 6.19. The molecule has 7 nitrogen and oxygen atoms in total. The molecule has 1 amide bonds. The first-order valence-corrected chi connectivity index (χ1v) is 6.00. The van der Waals surface area contributed by atoms with Crippen molar-refractivity contribution in [3.8, 4) is 0 Å². The molecule has 4 N–H and O–H groups in total. The smallest absolute Gasteiger partial charge is 0.341 e. The Labute approximate surface area is 110 Å². The molecule has 2 heterocycles. The molecule has 102 valence electrons. The highest BCUT2D eigenvalue weighted by Gasteiger charge is 2.24. The van der Waals surface area contributed by atoms with Gasteiger partial charge in [0.1, 0.15) is 17.4 Å². The first kappa shape index (κ1) is 13.1. The minimum absolute atomic E-state index is 0.0966. The van der Waals surface area contributed by atoms with Crippen molar-refractivity contribution < 1.29 is 14.3 Å². The molecule has 1 atom stereocenters. The zero-order valence-corrected chi connectivity index (χ0v) is 10.6. The maximum Gasteiger partial charge on any atom is 0.341 e. The molecular formula is C12H16N4O3. The third-order valence-electron chi connectivity index (χ3n) is 2.91. The van der Waals surface area contributed by atoms with Gasteiger partial charge in [-0.1, -0.05) is 0 Å². The lowest BCUT2D eigenvalue weighted by atomic mass is 10.1. The molecule has 1 aromatic rings. The Morgan fingerprint density at radius 2 is 2.42 bits per heavy atom. The highest BCUT2D eigenvalue weighted by Crippen LogP contribution is 2.19. The largest absolute Gasteiger partial charge is 0.465 e. The molecule has 7 heteroatoms. The van der Waals surface area contributed by atoms with E-state index < -0.39 is 12.0 Å². The van der Waals surface area contributed by atoms with Gasteiger partial charge >= 0.3 is 5.97 Å². The van der Waals surface area contributed by atoms with Crippen molar-refractivity contribution >= 4 is 23.4 Å². The number of anilines is 2. The van der Waals surface area contributed by atoms with Crippen LogP contribution in [-0.4, -0.2) is 36.6 Å². The second kappa shape index (κ2) is 5.55. The van der Waals surface area contributed by atoms with Crippen LogP contribution < -0.4 is 16.4 Å². The van der Waals surface area contributed by atoms with Crippen molar-refractivity contribution in [2.75, 3.05) is 24.7 Å². The molecule has 1 aromatic heterocycles. The van der Waals surface area contributed by atoms with E-state index in [0.717, 1.165) is 6.42 Å². The van der Waals surface area contributed by atoms with E-state index in [2.05, 4.69) is 20.4 Å². The van der Waals surface area contributed by atoms with Gasteiger partial charge in [-0.3, -0.25) is 4.79 Å². The van der Waals surface area contributed by atoms with Crippen molar-refractivity contribution in [1.82, 2.24) is 10.3 Å². The Balaban J connectivity index is 2.23. The number of piperidine rings is 1. The Kier molecular flexibility index (Phi) is 3.84. The number of ether oxygens (including phenoxy) is 1. The third-order valence-corrected chi connectivity index (χ3v) is 2.91. The summed E-state index contributed by atoms with van der Waals surface area (Å²) in [6.07, 6.45) is 3.00. The number of aromatic nitrogens is 1. The molecule has 1 fully saturated rings. The van der Waals surface area contributed by atoms with Crippen LogP contribution in [0, 0.1) is 0 Å². The fourth-order valence-electron chi connectivity index (χ4n) is 1.94. The van der Waals surface area contributed by atoms with Crippen LogP contribution in [0.1, 0.15) is 23.2 Å². The summed E-state index contributed by atoms with van der Waals surface area (Å²) in [5, 5.41) is 5.72. The van der Waals surface area contributed by atoms with Crippen LogP contribution in [-0.2, 0) is 9.53 Å². The van der Waals surface area contributed by atoms with Gasteiger partial charge in [-0.15, -0.1) is 0 Å². The Morgan fingerprint density at radius 3 is 3.11 bits per heavy atom. The SMILES string of the molecule is COC(=O)c1cc(N)cnc1NC1CCCNC1=O. The van der Waals surface area contributed by atoms with Gasteiger partial charge in [-0.2, -0.15) is 0 Å². The molecule has 0 aliphatic carbocycles. The maximum atomic E-state index is 11.7. The third kappa shape index (κ3) is 2.93. The normalized spacial score (nSPS) is 18.6. The van der Waals surface area contributed by atoms with E-state index in [1.165, 1.54) is 19.4 Å². The highest BCUT2D eigenvalue weighted by molar-refractivity contribution is 5.96. The monoisotopic (exact) mass is 264 g/mol. The summed E-state index contributed by atoms with van der Waals surface area (Å²) in [6, 6.07) is 1.08. The summed E-state index contributed by atoms with van der Waals surface area (Å²) >= 11 is 0. The molecule has 2 rings (SSSR count). The quantitative estimate of drug-likeness (QED) is 0.670. The predicted molar refractivity (Wildman–Crippen MR) is 69.6 cm³/mol. The van der Waals surface area contributed by atoms with E-state index in [4.69, 9.17) is 5.73 Å². The summed E-state index contributed by atoms with van der Waals surface area (Å²) in [4.78, 5) is 27.4. The van der Waals surface area contributed by atoms with Gasteiger partial charge in [0.05, 0.1) is 19.0 Å². The molecule has 1 aliphatic heterocycles. The fraction of sp³-hybridized carbons (Fsp3) is 0.417. The van der Waals surface area contributed by atoms with Gasteiger partial charge in [0, 0.05) is 6.54 Å². The molecule has 0 saturated carbocycles. The molecule has 0 aromatic carbocycles. The highest BCUT2D eigenvalue weighted by atomic mass is 16.5. The van der Waals surface area contributed by atoms with Gasteiger partial charge in [-0.25, -0.2) is 9.78 Å². The van der Waals surface area contributed by atoms with Crippen molar-refractivity contribution in [2.24, 2.45) is 0 Å². The second-order valence-corrected chi connectivity index (χ2v) is 4.29. The lowest BCUT2D eigenvalue weighted by Crippen LogP contribution is -2.44. The molecule has 1 aliphatic rings. The second-order valence-electron chi connectivity index (χ2n) is 4.29. The molecule has 0 radical (unpaired) electrons. The molecular weight excluding hydrogens is 248 g/mol. The number of amides is 1. The molecule has 19 heavy (non-hydrogen) atoms. The van der Waals surface area contributed by atoms with E-state index in [1.807, 2.05) is 0 Å². The van der Waals surface area contributed by atoms with E-state index in [-0.39, 0.29) is 11.5 Å². The number of nitrogen functional groups attached to an aromatic ring is 1. The van der Waals surface area contributed by atoms with Gasteiger partial charge in [0.25, 0.3) is 0 Å². The van der Waals surface area contributed by atoms with E-state index in [0.29, 0.717) is 24.5 Å². The van der Waals surface area contributed by atoms with Gasteiger partial charge in [-0.05, 0) is 18.9 Å². The number of hydrogen-bond donors (Lipinski definition) is 3. The fourth-order valence-corrected chi connectivity index (χ4v) is 1.94. The van der Waals surface area contributed by atoms with Crippen LogP contribution in [0.2, 0.25) is 0 Å². The Hall–Kier alpha value is -2.31. The summed E-state index contributed by atoms with van der Waals surface area (Å²) < 4.78 is 4.67. The zero-order valence-electron chi connectivity index (χ0n) is 10.6. The van der Waals surface area contributed by atoms with Gasteiger partial charge in [0.15, 0.2) is 0 Å². The number of hydrogen-bond acceptors (Lipinski definition) is 6. The van der Waals surface area contributed by atoms with Crippen LogP contribution in [0.25, 0.3) is 0 Å². The summed E-state index contributed by atoms with van der Waals surface area (Å²) in [7, 11) is 1.28. The number of nitrogens with one attached hydrogen (secondary N) is 2. The van der Waals surface area contributed by atoms with E-state index in [9.17, 15) is 9.59 Å². The number of nitrogens with zero attached hydrogens (tertiary/aromatic N) is 1. The van der Waals surface area contributed by atoms with Crippen LogP contribution >= 0.6 is 0 Å². The number of carbonyl (C=O) groups excluding carboxylic acids is 2. The summed E-state index contributed by atoms with van der Waals surface area (Å²) in [6.45, 7) is 0.677. The predicted octanol–water partition coefficient (Wildman–Crippen LogP) is 0.141.